The van der Waals surface area contributed by atoms with Gasteiger partial charge in [0.25, 0.3) is 0 Å². The lowest BCUT2D eigenvalue weighted by Crippen LogP contribution is -2.30. The van der Waals surface area contributed by atoms with Gasteiger partial charge in [0, 0.05) is 5.56 Å². The molecule has 1 saturated carbocycles. The molecule has 0 radical (unpaired) electrons. The molecule has 26 heavy (non-hydrogen) atoms. The van der Waals surface area contributed by atoms with Gasteiger partial charge in [0.1, 0.15) is 0 Å². The minimum Gasteiger partial charge on any atom is -0.487 e. The molecule has 0 aromatic carbocycles. The van der Waals surface area contributed by atoms with Crippen LogP contribution < -0.4 is 4.74 Å². The summed E-state index contributed by atoms with van der Waals surface area (Å²) in [6, 6.07) is 1.17. The maximum absolute atomic E-state index is 13.4. The Bertz CT molecular complexity index is 824. The van der Waals surface area contributed by atoms with E-state index in [2.05, 4.69) is 9.97 Å². The summed E-state index contributed by atoms with van der Waals surface area (Å²) in [5, 5.41) is -0.459. The second kappa shape index (κ2) is 7.90. The standard InChI is InChI=1S/C18H19FN2O4S/c1-10-14(25-13-5-3-4-11(6-13)18(23)24-2)8-20-17(21-10)16-12(9-22)7-15(19)26-16/h7-9,11,13H,3-6H2,1-2H3/t11-,13-/m0/s1. The summed E-state index contributed by atoms with van der Waals surface area (Å²) < 4.78 is 24.2. The van der Waals surface area contributed by atoms with Crippen molar-refractivity contribution in [3.05, 3.63) is 28.7 Å². The van der Waals surface area contributed by atoms with Gasteiger partial charge in [-0.25, -0.2) is 9.97 Å². The fourth-order valence-electron chi connectivity index (χ4n) is 3.13. The van der Waals surface area contributed by atoms with Gasteiger partial charge in [0.15, 0.2) is 23.0 Å². The van der Waals surface area contributed by atoms with Gasteiger partial charge in [-0.3, -0.25) is 9.59 Å². The van der Waals surface area contributed by atoms with E-state index in [1.807, 2.05) is 0 Å². The van der Waals surface area contributed by atoms with Crippen LogP contribution in [0.1, 0.15) is 41.7 Å². The van der Waals surface area contributed by atoms with Crippen molar-refractivity contribution in [1.82, 2.24) is 9.97 Å². The molecule has 6 nitrogen and oxygen atoms in total. The zero-order valence-electron chi connectivity index (χ0n) is 14.5. The number of methoxy groups -OCH3 is 1. The monoisotopic (exact) mass is 378 g/mol. The number of rotatable bonds is 5. The Balaban J connectivity index is 1.76. The van der Waals surface area contributed by atoms with Crippen molar-refractivity contribution >= 4 is 23.6 Å². The highest BCUT2D eigenvalue weighted by Crippen LogP contribution is 2.32. The van der Waals surface area contributed by atoms with Gasteiger partial charge in [0.2, 0.25) is 0 Å². The van der Waals surface area contributed by atoms with Crippen LogP contribution in [0.2, 0.25) is 0 Å². The minimum atomic E-state index is -0.459. The average Bonchev–Trinajstić information content (AvgIpc) is 3.04. The van der Waals surface area contributed by atoms with Crippen molar-refractivity contribution in [2.24, 2.45) is 5.92 Å². The van der Waals surface area contributed by atoms with Crippen LogP contribution in [-0.4, -0.2) is 35.4 Å². The number of nitrogens with zero attached hydrogens (tertiary/aromatic N) is 2. The number of aromatic nitrogens is 2. The zero-order valence-corrected chi connectivity index (χ0v) is 15.3. The largest absolute Gasteiger partial charge is 0.487 e. The summed E-state index contributed by atoms with van der Waals surface area (Å²) in [4.78, 5) is 31.8. The molecule has 0 unspecified atom stereocenters. The van der Waals surface area contributed by atoms with Crippen LogP contribution in [0.4, 0.5) is 4.39 Å². The van der Waals surface area contributed by atoms with Gasteiger partial charge in [-0.15, -0.1) is 11.3 Å². The lowest BCUT2D eigenvalue weighted by molar-refractivity contribution is -0.147. The molecule has 0 amide bonds. The number of esters is 1. The van der Waals surface area contributed by atoms with E-state index in [-0.39, 0.29) is 23.6 Å². The predicted molar refractivity (Wildman–Crippen MR) is 93.8 cm³/mol. The summed E-state index contributed by atoms with van der Waals surface area (Å²) in [5.74, 6) is 0.460. The first kappa shape index (κ1) is 18.4. The number of carbonyl (C=O) groups excluding carboxylic acids is 2. The fourth-order valence-corrected chi connectivity index (χ4v) is 3.92. The molecule has 1 aliphatic carbocycles. The highest BCUT2D eigenvalue weighted by molar-refractivity contribution is 7.14. The molecule has 2 aromatic rings. The van der Waals surface area contributed by atoms with Crippen LogP contribution in [0.5, 0.6) is 5.75 Å². The van der Waals surface area contributed by atoms with E-state index in [4.69, 9.17) is 9.47 Å². The molecule has 0 spiro atoms. The van der Waals surface area contributed by atoms with Crippen LogP contribution in [0.3, 0.4) is 0 Å². The van der Waals surface area contributed by atoms with E-state index in [0.717, 1.165) is 30.6 Å². The third-order valence-corrected chi connectivity index (χ3v) is 5.38. The molecule has 1 fully saturated rings. The SMILES string of the molecule is COC(=O)[C@H]1CCC[C@H](Oc2cnc(-c3sc(F)cc3C=O)nc2C)C1. The first-order valence-corrected chi connectivity index (χ1v) is 9.16. The smallest absolute Gasteiger partial charge is 0.308 e. The molecular formula is C18H19FN2O4S. The maximum atomic E-state index is 13.4. The van der Waals surface area contributed by atoms with Crippen molar-refractivity contribution in [3.8, 4) is 16.5 Å². The summed E-state index contributed by atoms with van der Waals surface area (Å²) in [7, 11) is 1.39. The number of hydrogen-bond donors (Lipinski definition) is 0. The molecule has 138 valence electrons. The minimum absolute atomic E-state index is 0.106. The third-order valence-electron chi connectivity index (χ3n) is 4.45. The molecule has 2 atom stereocenters. The van der Waals surface area contributed by atoms with Crippen LogP contribution >= 0.6 is 11.3 Å². The molecule has 0 saturated heterocycles. The Hall–Kier alpha value is -2.35. The summed E-state index contributed by atoms with van der Waals surface area (Å²) in [6.07, 6.45) is 5.16. The maximum Gasteiger partial charge on any atom is 0.308 e. The predicted octanol–water partition coefficient (Wildman–Crippen LogP) is 3.58. The second-order valence-electron chi connectivity index (χ2n) is 6.22. The number of aryl methyl sites for hydroxylation is 1. The normalized spacial score (nSPS) is 19.8. The third kappa shape index (κ3) is 3.90. The van der Waals surface area contributed by atoms with Gasteiger partial charge in [-0.2, -0.15) is 4.39 Å². The number of hydrogen-bond acceptors (Lipinski definition) is 7. The summed E-state index contributed by atoms with van der Waals surface area (Å²) >= 11 is 0.833. The van der Waals surface area contributed by atoms with Gasteiger partial charge in [-0.05, 0) is 38.7 Å². The Kier molecular flexibility index (Phi) is 5.61. The number of aldehydes is 1. The molecule has 0 bridgehead atoms. The molecular weight excluding hydrogens is 359 g/mol. The van der Waals surface area contributed by atoms with Gasteiger partial charge < -0.3 is 9.47 Å². The zero-order chi connectivity index (χ0) is 18.7. The Labute approximate surface area is 154 Å². The molecule has 3 rings (SSSR count). The highest BCUT2D eigenvalue weighted by Gasteiger charge is 2.29. The Morgan fingerprint density at radius 2 is 2.23 bits per heavy atom. The number of carbonyl (C=O) groups is 2. The van der Waals surface area contributed by atoms with Crippen molar-refractivity contribution in [2.45, 2.75) is 38.7 Å². The van der Waals surface area contributed by atoms with E-state index in [9.17, 15) is 14.0 Å². The fraction of sp³-hybridized carbons (Fsp3) is 0.444. The van der Waals surface area contributed by atoms with Crippen molar-refractivity contribution < 1.29 is 23.5 Å². The van der Waals surface area contributed by atoms with Crippen LogP contribution in [0.15, 0.2) is 12.3 Å². The first-order valence-electron chi connectivity index (χ1n) is 8.34. The van der Waals surface area contributed by atoms with E-state index < -0.39 is 5.13 Å². The number of thiophene rings is 1. The molecule has 2 heterocycles. The van der Waals surface area contributed by atoms with Crippen molar-refractivity contribution in [2.75, 3.05) is 7.11 Å². The number of halogens is 1. The van der Waals surface area contributed by atoms with Gasteiger partial charge in [-0.1, -0.05) is 0 Å². The molecule has 8 heteroatoms. The first-order chi connectivity index (χ1) is 12.5. The lowest BCUT2D eigenvalue weighted by Gasteiger charge is -2.28. The Morgan fingerprint density at radius 3 is 2.92 bits per heavy atom. The highest BCUT2D eigenvalue weighted by atomic mass is 32.1. The van der Waals surface area contributed by atoms with Crippen LogP contribution in [0.25, 0.3) is 10.7 Å². The quantitative estimate of drug-likeness (QED) is 0.585. The molecule has 2 aromatic heterocycles. The van der Waals surface area contributed by atoms with E-state index in [0.29, 0.717) is 34.9 Å². The molecule has 0 aliphatic heterocycles. The summed E-state index contributed by atoms with van der Waals surface area (Å²) in [6.45, 7) is 1.77. The Morgan fingerprint density at radius 1 is 1.42 bits per heavy atom. The summed E-state index contributed by atoms with van der Waals surface area (Å²) in [5.41, 5.74) is 0.828. The van der Waals surface area contributed by atoms with Crippen LogP contribution in [-0.2, 0) is 9.53 Å². The molecule has 1 aliphatic rings. The average molecular weight is 378 g/mol. The van der Waals surface area contributed by atoms with Gasteiger partial charge >= 0.3 is 5.97 Å². The second-order valence-corrected chi connectivity index (χ2v) is 7.23. The van der Waals surface area contributed by atoms with E-state index in [1.54, 1.807) is 6.92 Å². The van der Waals surface area contributed by atoms with Crippen molar-refractivity contribution in [3.63, 3.8) is 0 Å². The van der Waals surface area contributed by atoms with Crippen molar-refractivity contribution in [1.29, 1.82) is 0 Å². The van der Waals surface area contributed by atoms with E-state index in [1.165, 1.54) is 19.4 Å². The lowest BCUT2D eigenvalue weighted by atomic mass is 9.87. The number of ether oxygens (including phenoxy) is 2. The topological polar surface area (TPSA) is 78.4 Å². The van der Waals surface area contributed by atoms with Gasteiger partial charge in [0.05, 0.1) is 35.9 Å². The molecule has 0 N–H and O–H groups in total. The van der Waals surface area contributed by atoms with E-state index >= 15 is 0 Å². The van der Waals surface area contributed by atoms with Crippen LogP contribution in [0, 0.1) is 18.0 Å².